The van der Waals surface area contributed by atoms with Crippen molar-refractivity contribution < 1.29 is 4.74 Å². The average Bonchev–Trinajstić information content (AvgIpc) is 2.70. The highest BCUT2D eigenvalue weighted by Gasteiger charge is 2.25. The molecule has 2 N–H and O–H groups in total. The second-order valence-corrected chi connectivity index (χ2v) is 5.52. The van der Waals surface area contributed by atoms with E-state index in [1.54, 1.807) is 11.3 Å². The number of aromatic nitrogens is 1. The molecule has 1 aliphatic heterocycles. The van der Waals surface area contributed by atoms with Crippen molar-refractivity contribution in [3.05, 3.63) is 11.1 Å². The van der Waals surface area contributed by atoms with Crippen LogP contribution in [0.3, 0.4) is 0 Å². The van der Waals surface area contributed by atoms with Crippen molar-refractivity contribution in [1.82, 2.24) is 4.98 Å². The Balaban J connectivity index is 2.15. The largest absolute Gasteiger partial charge is 0.375 e. The fraction of sp³-hybridized carbons (Fsp3) is 0.727. The van der Waals surface area contributed by atoms with E-state index in [1.807, 2.05) is 13.1 Å². The smallest absolute Gasteiger partial charge is 0.185 e. The van der Waals surface area contributed by atoms with Gasteiger partial charge >= 0.3 is 0 Å². The van der Waals surface area contributed by atoms with Crippen LogP contribution in [0, 0.1) is 0 Å². The van der Waals surface area contributed by atoms with Crippen LogP contribution in [0.15, 0.2) is 6.20 Å². The predicted octanol–water partition coefficient (Wildman–Crippen LogP) is 1.78. The van der Waals surface area contributed by atoms with E-state index >= 15 is 0 Å². The van der Waals surface area contributed by atoms with Gasteiger partial charge in [0.05, 0.1) is 18.8 Å². The first-order valence-corrected chi connectivity index (χ1v) is 6.49. The number of hydrogen-bond acceptors (Lipinski definition) is 5. The summed E-state index contributed by atoms with van der Waals surface area (Å²) in [4.78, 5) is 7.91. The van der Waals surface area contributed by atoms with Crippen LogP contribution in [0.25, 0.3) is 0 Å². The van der Waals surface area contributed by atoms with E-state index in [0.29, 0.717) is 6.04 Å². The molecular formula is C11H19N3OS. The molecule has 0 bridgehead atoms. The van der Waals surface area contributed by atoms with E-state index in [4.69, 9.17) is 10.5 Å². The molecule has 1 aliphatic rings. The van der Waals surface area contributed by atoms with E-state index in [9.17, 15) is 0 Å². The van der Waals surface area contributed by atoms with E-state index in [0.717, 1.165) is 23.2 Å². The van der Waals surface area contributed by atoms with Crippen molar-refractivity contribution in [2.75, 3.05) is 18.1 Å². The summed E-state index contributed by atoms with van der Waals surface area (Å²) in [5.41, 5.74) is 5.85. The summed E-state index contributed by atoms with van der Waals surface area (Å²) in [5, 5.41) is 1.06. The van der Waals surface area contributed by atoms with Gasteiger partial charge in [0, 0.05) is 23.7 Å². The molecule has 0 aromatic carbocycles. The molecule has 4 nitrogen and oxygen atoms in total. The van der Waals surface area contributed by atoms with Crippen molar-refractivity contribution in [2.24, 2.45) is 5.73 Å². The second-order valence-electron chi connectivity index (χ2n) is 4.48. The summed E-state index contributed by atoms with van der Waals surface area (Å²) >= 11 is 1.69. The average molecular weight is 241 g/mol. The summed E-state index contributed by atoms with van der Waals surface area (Å²) in [6, 6.07) is 0.461. The Labute approximate surface area is 100 Å². The summed E-state index contributed by atoms with van der Waals surface area (Å²) in [6.07, 6.45) is 2.16. The number of nitrogens with zero attached hydrogens (tertiary/aromatic N) is 2. The fourth-order valence-corrected chi connectivity index (χ4v) is 2.77. The molecule has 3 unspecified atom stereocenters. The van der Waals surface area contributed by atoms with Crippen molar-refractivity contribution >= 4 is 16.5 Å². The third kappa shape index (κ3) is 2.36. The summed E-state index contributed by atoms with van der Waals surface area (Å²) < 4.78 is 5.61. The monoisotopic (exact) mass is 241 g/mol. The molecule has 2 rings (SSSR count). The number of ether oxygens (including phenoxy) is 1. The molecule has 2 heterocycles. The van der Waals surface area contributed by atoms with Crippen LogP contribution in [0.5, 0.6) is 0 Å². The molecular weight excluding hydrogens is 222 g/mol. The third-order valence-corrected chi connectivity index (χ3v) is 4.05. The molecule has 1 fully saturated rings. The standard InChI is InChI=1S/C11H19N3OS/c1-7-6-15-8(2)5-14(7)11-13-4-10(16-11)9(3)12/h4,7-9H,5-6,12H2,1-3H3. The van der Waals surface area contributed by atoms with Crippen LogP contribution in [-0.2, 0) is 4.74 Å². The van der Waals surface area contributed by atoms with E-state index in [1.165, 1.54) is 0 Å². The minimum Gasteiger partial charge on any atom is -0.375 e. The Kier molecular flexibility index (Phi) is 3.47. The molecule has 90 valence electrons. The maximum atomic E-state index is 5.85. The number of morpholine rings is 1. The lowest BCUT2D eigenvalue weighted by atomic mass is 10.2. The highest BCUT2D eigenvalue weighted by Crippen LogP contribution is 2.29. The lowest BCUT2D eigenvalue weighted by Gasteiger charge is -2.36. The van der Waals surface area contributed by atoms with Crippen LogP contribution >= 0.6 is 11.3 Å². The van der Waals surface area contributed by atoms with Crippen LogP contribution in [-0.4, -0.2) is 30.3 Å². The topological polar surface area (TPSA) is 51.4 Å². The van der Waals surface area contributed by atoms with E-state index < -0.39 is 0 Å². The first-order chi connectivity index (χ1) is 7.58. The Morgan fingerprint density at radius 2 is 2.38 bits per heavy atom. The Morgan fingerprint density at radius 1 is 1.62 bits per heavy atom. The van der Waals surface area contributed by atoms with Gasteiger partial charge in [-0.15, -0.1) is 11.3 Å². The molecule has 0 saturated carbocycles. The van der Waals surface area contributed by atoms with Gasteiger partial charge < -0.3 is 15.4 Å². The number of nitrogens with two attached hydrogens (primary N) is 1. The van der Waals surface area contributed by atoms with Gasteiger partial charge in [-0.25, -0.2) is 4.98 Å². The minimum atomic E-state index is 0.0695. The van der Waals surface area contributed by atoms with Gasteiger partial charge in [-0.3, -0.25) is 0 Å². The van der Waals surface area contributed by atoms with E-state index in [2.05, 4.69) is 23.7 Å². The maximum Gasteiger partial charge on any atom is 0.185 e. The van der Waals surface area contributed by atoms with Crippen LogP contribution in [0.4, 0.5) is 5.13 Å². The zero-order valence-electron chi connectivity index (χ0n) is 10.0. The fourth-order valence-electron chi connectivity index (χ4n) is 1.79. The normalized spacial score (nSPS) is 28.1. The van der Waals surface area contributed by atoms with Crippen LogP contribution in [0.1, 0.15) is 31.7 Å². The molecule has 16 heavy (non-hydrogen) atoms. The molecule has 0 spiro atoms. The Bertz CT molecular complexity index is 353. The van der Waals surface area contributed by atoms with Crippen molar-refractivity contribution in [3.63, 3.8) is 0 Å². The first kappa shape index (κ1) is 11.8. The third-order valence-electron chi connectivity index (χ3n) is 2.81. The molecule has 1 aromatic heterocycles. The minimum absolute atomic E-state index is 0.0695. The second kappa shape index (κ2) is 4.69. The molecule has 3 atom stereocenters. The van der Waals surface area contributed by atoms with Gasteiger partial charge in [-0.1, -0.05) is 0 Å². The maximum absolute atomic E-state index is 5.85. The molecule has 1 aromatic rings. The van der Waals surface area contributed by atoms with Gasteiger partial charge in [0.15, 0.2) is 5.13 Å². The van der Waals surface area contributed by atoms with E-state index in [-0.39, 0.29) is 12.1 Å². The van der Waals surface area contributed by atoms with Crippen molar-refractivity contribution in [3.8, 4) is 0 Å². The molecule has 0 aliphatic carbocycles. The Morgan fingerprint density at radius 3 is 3.00 bits per heavy atom. The van der Waals surface area contributed by atoms with Gasteiger partial charge in [-0.05, 0) is 20.8 Å². The lowest BCUT2D eigenvalue weighted by Crippen LogP contribution is -2.47. The highest BCUT2D eigenvalue weighted by atomic mass is 32.1. The zero-order valence-corrected chi connectivity index (χ0v) is 10.8. The first-order valence-electron chi connectivity index (χ1n) is 5.67. The number of hydrogen-bond donors (Lipinski definition) is 1. The molecule has 1 saturated heterocycles. The van der Waals surface area contributed by atoms with Crippen LogP contribution in [0.2, 0.25) is 0 Å². The van der Waals surface area contributed by atoms with Gasteiger partial charge in [0.25, 0.3) is 0 Å². The van der Waals surface area contributed by atoms with Gasteiger partial charge in [-0.2, -0.15) is 0 Å². The lowest BCUT2D eigenvalue weighted by molar-refractivity contribution is 0.0343. The highest BCUT2D eigenvalue weighted by molar-refractivity contribution is 7.15. The summed E-state index contributed by atoms with van der Waals surface area (Å²) in [5.74, 6) is 0. The number of rotatable bonds is 2. The summed E-state index contributed by atoms with van der Waals surface area (Å²) in [7, 11) is 0. The molecule has 0 amide bonds. The van der Waals surface area contributed by atoms with Crippen LogP contribution < -0.4 is 10.6 Å². The number of thiazole rings is 1. The quantitative estimate of drug-likeness (QED) is 0.857. The van der Waals surface area contributed by atoms with Crippen molar-refractivity contribution in [1.29, 1.82) is 0 Å². The van der Waals surface area contributed by atoms with Gasteiger partial charge in [0.1, 0.15) is 0 Å². The number of anilines is 1. The summed E-state index contributed by atoms with van der Waals surface area (Å²) in [6.45, 7) is 7.93. The SMILES string of the molecule is CC1CN(c2ncc(C(C)N)s2)C(C)CO1. The molecule has 5 heteroatoms. The predicted molar refractivity (Wildman–Crippen MR) is 66.9 cm³/mol. The zero-order chi connectivity index (χ0) is 11.7. The molecule has 0 radical (unpaired) electrons. The van der Waals surface area contributed by atoms with Gasteiger partial charge in [0.2, 0.25) is 0 Å². The van der Waals surface area contributed by atoms with Crippen molar-refractivity contribution in [2.45, 2.75) is 39.0 Å². The Hall–Kier alpha value is -0.650.